The summed E-state index contributed by atoms with van der Waals surface area (Å²) in [5, 5.41) is 17.9. The fourth-order valence-corrected chi connectivity index (χ4v) is 5.02. The molecule has 1 aliphatic carbocycles. The number of benzene rings is 3. The Morgan fingerprint density at radius 2 is 1.84 bits per heavy atom. The Morgan fingerprint density at radius 1 is 1.06 bits per heavy atom. The highest BCUT2D eigenvalue weighted by Crippen LogP contribution is 2.40. The highest BCUT2D eigenvalue weighted by Gasteiger charge is 2.17. The van der Waals surface area contributed by atoms with Crippen molar-refractivity contribution in [3.05, 3.63) is 70.9 Å². The lowest BCUT2D eigenvalue weighted by molar-refractivity contribution is 0.474. The molecule has 3 N–H and O–H groups in total. The van der Waals surface area contributed by atoms with Crippen LogP contribution in [0.4, 0.5) is 5.69 Å². The Kier molecular flexibility index (Phi) is 6.57. The number of thiocarbonyl (C=S) groups is 1. The van der Waals surface area contributed by atoms with E-state index in [2.05, 4.69) is 23.7 Å². The van der Waals surface area contributed by atoms with E-state index in [1.54, 1.807) is 18.2 Å². The Balaban J connectivity index is 1.62. The van der Waals surface area contributed by atoms with Crippen molar-refractivity contribution in [2.75, 3.05) is 11.9 Å². The van der Waals surface area contributed by atoms with E-state index in [1.807, 2.05) is 30.3 Å². The Hall–Kier alpha value is -3.16. The molecule has 0 unspecified atom stereocenters. The van der Waals surface area contributed by atoms with Crippen LogP contribution in [0, 0.1) is 0 Å². The first-order valence-electron chi connectivity index (χ1n) is 10.8. The molecule has 32 heavy (non-hydrogen) atoms. The van der Waals surface area contributed by atoms with Crippen molar-refractivity contribution in [1.82, 2.24) is 5.32 Å². The third kappa shape index (κ3) is 5.00. The van der Waals surface area contributed by atoms with Gasteiger partial charge in [0.2, 0.25) is 0 Å². The zero-order valence-electron chi connectivity index (χ0n) is 18.1. The second kappa shape index (κ2) is 9.54. The van der Waals surface area contributed by atoms with Crippen molar-refractivity contribution in [1.29, 1.82) is 0 Å². The zero-order valence-corrected chi connectivity index (χ0v) is 20.1. The first-order valence-corrected chi connectivity index (χ1v) is 14.3. The number of fused-ring (bicyclic) bond motifs is 2. The fraction of sp³-hybridized carbons (Fsp3) is 0.200. The molecule has 2 aromatic rings. The molecule has 0 saturated heterocycles. The van der Waals surface area contributed by atoms with Gasteiger partial charge in [0.05, 0.1) is 0 Å². The molecule has 5 nitrogen and oxygen atoms in total. The minimum absolute atomic E-state index is 0.112. The monoisotopic (exact) mass is 462 g/mol. The van der Waals surface area contributed by atoms with E-state index >= 15 is 0 Å². The lowest BCUT2D eigenvalue weighted by Crippen LogP contribution is -2.29. The molecular weight excluding hydrogens is 436 g/mol. The van der Waals surface area contributed by atoms with Crippen LogP contribution < -0.4 is 16.1 Å². The third-order valence-corrected chi connectivity index (χ3v) is 7.16. The van der Waals surface area contributed by atoms with Gasteiger partial charge in [-0.3, -0.25) is 4.79 Å². The Bertz CT molecular complexity index is 1280. The zero-order chi connectivity index (χ0) is 22.7. The summed E-state index contributed by atoms with van der Waals surface area (Å²) in [6, 6.07) is 19.1. The summed E-state index contributed by atoms with van der Waals surface area (Å²) in [6.45, 7) is 5.59. The molecule has 0 aromatic heterocycles. The normalized spacial score (nSPS) is 11.2. The van der Waals surface area contributed by atoms with E-state index in [1.165, 1.54) is 18.2 Å². The topological polar surface area (TPSA) is 74.5 Å². The van der Waals surface area contributed by atoms with Gasteiger partial charge in [-0.15, -0.1) is 0 Å². The molecule has 2 aliphatic rings. The summed E-state index contributed by atoms with van der Waals surface area (Å²) in [7, 11) is -0.521. The van der Waals surface area contributed by atoms with Gasteiger partial charge in [0.15, 0.2) is 10.5 Å². The van der Waals surface area contributed by atoms with Gasteiger partial charge in [-0.2, -0.15) is 0 Å². The molecule has 0 atom stereocenters. The average molecular weight is 463 g/mol. The van der Waals surface area contributed by atoms with Crippen LogP contribution in [0.5, 0.6) is 5.75 Å². The second-order valence-electron chi connectivity index (χ2n) is 8.31. The fourth-order valence-electron chi connectivity index (χ4n) is 3.78. The van der Waals surface area contributed by atoms with Gasteiger partial charge < -0.3 is 20.2 Å². The largest absolute Gasteiger partial charge is 0.508 e. The van der Waals surface area contributed by atoms with Gasteiger partial charge in [0.25, 0.3) is 0 Å². The number of phenolic OH excluding ortho intramolecular Hbond substituents is 1. The van der Waals surface area contributed by atoms with E-state index in [0.717, 1.165) is 40.7 Å². The van der Waals surface area contributed by atoms with Crippen molar-refractivity contribution in [3.63, 3.8) is 0 Å². The number of rotatable bonds is 6. The molecule has 0 radical (unpaired) electrons. The van der Waals surface area contributed by atoms with Gasteiger partial charge in [-0.25, -0.2) is 0 Å². The number of aromatic hydroxyl groups is 1. The van der Waals surface area contributed by atoms with Gasteiger partial charge in [-0.05, 0) is 60.6 Å². The minimum atomic E-state index is -0.521. The first kappa shape index (κ1) is 22.0. The molecule has 1 aliphatic heterocycles. The number of phenols is 1. The summed E-state index contributed by atoms with van der Waals surface area (Å²) in [6.07, 6.45) is 1.14. The van der Waals surface area contributed by atoms with Crippen molar-refractivity contribution >= 4 is 42.8 Å². The van der Waals surface area contributed by atoms with Gasteiger partial charge in [0.1, 0.15) is 17.1 Å². The summed E-state index contributed by atoms with van der Waals surface area (Å²) in [5.74, 6) is 0.601. The Morgan fingerprint density at radius 3 is 2.59 bits per heavy atom. The SMILES string of the molecule is C[SiH](C)CCCNC(=S)Nc1ccc(-c2c3ccc(=O)cc-3oc3cc(O)ccc23)cc1. The molecule has 1 heterocycles. The molecule has 0 saturated carbocycles. The quantitative estimate of drug-likeness (QED) is 0.153. The van der Waals surface area contributed by atoms with Crippen molar-refractivity contribution in [2.24, 2.45) is 0 Å². The highest BCUT2D eigenvalue weighted by molar-refractivity contribution is 7.80. The summed E-state index contributed by atoms with van der Waals surface area (Å²) in [5.41, 5.74) is 4.07. The molecule has 4 rings (SSSR count). The minimum Gasteiger partial charge on any atom is -0.508 e. The van der Waals surface area contributed by atoms with Crippen molar-refractivity contribution < 1.29 is 9.52 Å². The number of hydrogen-bond acceptors (Lipinski definition) is 4. The smallest absolute Gasteiger partial charge is 0.182 e. The second-order valence-corrected chi connectivity index (χ2v) is 12.1. The van der Waals surface area contributed by atoms with E-state index in [9.17, 15) is 9.90 Å². The predicted octanol–water partition coefficient (Wildman–Crippen LogP) is 5.43. The maximum atomic E-state index is 11.9. The van der Waals surface area contributed by atoms with Crippen LogP contribution in [-0.2, 0) is 0 Å². The van der Waals surface area contributed by atoms with Crippen molar-refractivity contribution in [2.45, 2.75) is 25.6 Å². The third-order valence-electron chi connectivity index (χ3n) is 5.35. The van der Waals surface area contributed by atoms with E-state index in [4.69, 9.17) is 16.6 Å². The average Bonchev–Trinajstić information content (AvgIpc) is 2.75. The predicted molar refractivity (Wildman–Crippen MR) is 139 cm³/mol. The molecule has 164 valence electrons. The molecule has 0 amide bonds. The van der Waals surface area contributed by atoms with E-state index in [0.29, 0.717) is 16.5 Å². The maximum absolute atomic E-state index is 11.9. The summed E-state index contributed by atoms with van der Waals surface area (Å²) < 4.78 is 5.91. The van der Waals surface area contributed by atoms with Gasteiger partial charge >= 0.3 is 0 Å². The lowest BCUT2D eigenvalue weighted by Gasteiger charge is -2.16. The molecule has 2 aromatic carbocycles. The molecule has 0 spiro atoms. The van der Waals surface area contributed by atoms with Crippen LogP contribution in [-0.4, -0.2) is 25.6 Å². The lowest BCUT2D eigenvalue weighted by atomic mass is 9.93. The van der Waals surface area contributed by atoms with E-state index in [-0.39, 0.29) is 11.2 Å². The van der Waals surface area contributed by atoms with Gasteiger partial charge in [0, 0.05) is 49.7 Å². The van der Waals surface area contributed by atoms with E-state index < -0.39 is 8.80 Å². The first-order chi connectivity index (χ1) is 15.4. The number of nitrogens with one attached hydrogen (secondary N) is 2. The van der Waals surface area contributed by atoms with Crippen LogP contribution in [0.15, 0.2) is 69.9 Å². The van der Waals surface area contributed by atoms with Crippen LogP contribution >= 0.6 is 12.2 Å². The van der Waals surface area contributed by atoms with Crippen LogP contribution in [0.3, 0.4) is 0 Å². The molecule has 0 fully saturated rings. The molecule has 7 heteroatoms. The summed E-state index contributed by atoms with van der Waals surface area (Å²) in [4.78, 5) is 11.9. The van der Waals surface area contributed by atoms with Crippen molar-refractivity contribution in [3.8, 4) is 28.2 Å². The highest BCUT2D eigenvalue weighted by atomic mass is 32.1. The van der Waals surface area contributed by atoms with Crippen LogP contribution in [0.2, 0.25) is 19.1 Å². The standard InChI is InChI=1S/C25H26N2O3SSi/c1-32(2)13-3-12-26-25(31)27-17-6-4-16(5-7-17)24-20-10-8-18(28)14-22(20)30-23-15-19(29)9-11-21(23)24/h4-11,14-15,28,32H,3,12-13H2,1-2H3,(H2,26,27,31). The molecule has 0 bridgehead atoms. The number of anilines is 1. The van der Waals surface area contributed by atoms with Gasteiger partial charge in [-0.1, -0.05) is 31.3 Å². The maximum Gasteiger partial charge on any atom is 0.182 e. The Labute approximate surface area is 194 Å². The van der Waals surface area contributed by atoms with Crippen LogP contribution in [0.1, 0.15) is 6.42 Å². The summed E-state index contributed by atoms with van der Waals surface area (Å²) >= 11 is 5.42. The molecular formula is C25H26N2O3SSi. The number of hydrogen-bond donors (Lipinski definition) is 3. The van der Waals surface area contributed by atoms with Crippen LogP contribution in [0.25, 0.3) is 33.4 Å².